The van der Waals surface area contributed by atoms with Crippen LogP contribution in [0.15, 0.2) is 30.5 Å². The number of aromatic nitrogens is 1. The lowest BCUT2D eigenvalue weighted by Crippen LogP contribution is -2.39. The van der Waals surface area contributed by atoms with Crippen molar-refractivity contribution in [3.05, 3.63) is 52.7 Å². The maximum atomic E-state index is 12.1. The minimum Gasteiger partial charge on any atom is -0.475 e. The third-order valence-corrected chi connectivity index (χ3v) is 3.96. The average Bonchev–Trinajstić information content (AvgIpc) is 2.62. The number of anilines is 1. The predicted octanol–water partition coefficient (Wildman–Crippen LogP) is 3.23. The lowest BCUT2D eigenvalue weighted by atomic mass is 10.1. The first kappa shape index (κ1) is 21.2. The maximum Gasteiger partial charge on any atom is 0.315 e. The second-order valence-corrected chi connectivity index (χ2v) is 7.03. The largest absolute Gasteiger partial charge is 0.475 e. The molecule has 1 aromatic carbocycles. The molecule has 0 unspecified atom stereocenters. The Hall–Kier alpha value is -3.09. The Bertz CT molecular complexity index is 809. The van der Waals surface area contributed by atoms with E-state index in [1.807, 2.05) is 52.8 Å². The Balaban J connectivity index is 1.77. The molecule has 150 valence electrons. The summed E-state index contributed by atoms with van der Waals surface area (Å²) in [6.07, 6.45) is 1.70. The summed E-state index contributed by atoms with van der Waals surface area (Å²) < 4.78 is 5.48. The number of pyridine rings is 1. The molecule has 0 aliphatic heterocycles. The quantitative estimate of drug-likeness (QED) is 0.683. The van der Waals surface area contributed by atoms with Crippen LogP contribution < -0.4 is 20.7 Å². The topological polar surface area (TPSA) is 92.4 Å². The third-order valence-electron chi connectivity index (χ3n) is 3.96. The van der Waals surface area contributed by atoms with Crippen LogP contribution in [-0.2, 0) is 11.3 Å². The van der Waals surface area contributed by atoms with Crippen LogP contribution in [0.4, 0.5) is 10.5 Å². The fourth-order valence-electron chi connectivity index (χ4n) is 2.79. The van der Waals surface area contributed by atoms with Gasteiger partial charge in [-0.25, -0.2) is 9.78 Å². The van der Waals surface area contributed by atoms with Gasteiger partial charge in [-0.3, -0.25) is 4.79 Å². The molecule has 0 radical (unpaired) electrons. The van der Waals surface area contributed by atoms with Crippen molar-refractivity contribution in [1.82, 2.24) is 15.6 Å². The van der Waals surface area contributed by atoms with Gasteiger partial charge in [-0.2, -0.15) is 0 Å². The molecular weight excluding hydrogens is 356 g/mol. The third kappa shape index (κ3) is 6.57. The summed E-state index contributed by atoms with van der Waals surface area (Å²) in [6, 6.07) is 7.19. The molecule has 3 amide bonds. The lowest BCUT2D eigenvalue weighted by Gasteiger charge is -2.13. The SMILES string of the molecule is Cc1cc(C)c(NC(=O)CNC(=O)NCc2ccc(OC(C)C)nc2)c(C)c1. The predicted molar refractivity (Wildman–Crippen MR) is 110 cm³/mol. The maximum absolute atomic E-state index is 12.1. The molecule has 0 atom stereocenters. The van der Waals surface area contributed by atoms with E-state index < -0.39 is 6.03 Å². The molecule has 0 aliphatic carbocycles. The number of hydrogen-bond acceptors (Lipinski definition) is 4. The summed E-state index contributed by atoms with van der Waals surface area (Å²) in [5.41, 5.74) is 4.75. The molecule has 7 nitrogen and oxygen atoms in total. The minimum atomic E-state index is -0.421. The van der Waals surface area contributed by atoms with Gasteiger partial charge in [0, 0.05) is 24.5 Å². The molecule has 0 saturated heterocycles. The van der Waals surface area contributed by atoms with Crippen LogP contribution in [0.1, 0.15) is 36.1 Å². The van der Waals surface area contributed by atoms with Crippen molar-refractivity contribution in [2.45, 2.75) is 47.3 Å². The molecule has 28 heavy (non-hydrogen) atoms. The lowest BCUT2D eigenvalue weighted by molar-refractivity contribution is -0.115. The summed E-state index contributed by atoms with van der Waals surface area (Å²) in [6.45, 7) is 9.95. The van der Waals surface area contributed by atoms with E-state index in [0.29, 0.717) is 12.4 Å². The zero-order valence-corrected chi connectivity index (χ0v) is 17.1. The van der Waals surface area contributed by atoms with Gasteiger partial charge < -0.3 is 20.7 Å². The van der Waals surface area contributed by atoms with E-state index in [0.717, 1.165) is 27.9 Å². The van der Waals surface area contributed by atoms with E-state index in [1.165, 1.54) is 0 Å². The smallest absolute Gasteiger partial charge is 0.315 e. The molecular formula is C21H28N4O3. The second-order valence-electron chi connectivity index (χ2n) is 7.03. The van der Waals surface area contributed by atoms with E-state index in [2.05, 4.69) is 20.9 Å². The van der Waals surface area contributed by atoms with Crippen molar-refractivity contribution in [2.75, 3.05) is 11.9 Å². The summed E-state index contributed by atoms with van der Waals surface area (Å²) in [5, 5.41) is 8.10. The van der Waals surface area contributed by atoms with Crippen molar-refractivity contribution in [3.63, 3.8) is 0 Å². The number of amides is 3. The van der Waals surface area contributed by atoms with Gasteiger partial charge >= 0.3 is 6.03 Å². The van der Waals surface area contributed by atoms with Gasteiger partial charge in [0.2, 0.25) is 11.8 Å². The van der Waals surface area contributed by atoms with Crippen molar-refractivity contribution in [3.8, 4) is 5.88 Å². The Morgan fingerprint density at radius 3 is 2.32 bits per heavy atom. The van der Waals surface area contributed by atoms with Gasteiger partial charge in [-0.15, -0.1) is 0 Å². The molecule has 0 bridgehead atoms. The first-order valence-corrected chi connectivity index (χ1v) is 9.25. The molecule has 0 spiro atoms. The van der Waals surface area contributed by atoms with Crippen LogP contribution in [0.2, 0.25) is 0 Å². The van der Waals surface area contributed by atoms with Crippen LogP contribution in [0.5, 0.6) is 5.88 Å². The van der Waals surface area contributed by atoms with E-state index in [1.54, 1.807) is 12.3 Å². The summed E-state index contributed by atoms with van der Waals surface area (Å²) >= 11 is 0. The summed E-state index contributed by atoms with van der Waals surface area (Å²) in [7, 11) is 0. The number of hydrogen-bond donors (Lipinski definition) is 3. The Labute approximate surface area is 165 Å². The molecule has 0 saturated carbocycles. The normalized spacial score (nSPS) is 10.5. The second kappa shape index (κ2) is 9.73. The molecule has 3 N–H and O–H groups in total. The number of ether oxygens (including phenoxy) is 1. The highest BCUT2D eigenvalue weighted by atomic mass is 16.5. The molecule has 2 rings (SSSR count). The van der Waals surface area contributed by atoms with Gasteiger partial charge in [-0.1, -0.05) is 23.8 Å². The fraction of sp³-hybridized carbons (Fsp3) is 0.381. The zero-order chi connectivity index (χ0) is 20.7. The summed E-state index contributed by atoms with van der Waals surface area (Å²) in [5.74, 6) is 0.267. The number of benzene rings is 1. The Kier molecular flexibility index (Phi) is 7.37. The average molecular weight is 384 g/mol. The van der Waals surface area contributed by atoms with Crippen molar-refractivity contribution < 1.29 is 14.3 Å². The van der Waals surface area contributed by atoms with Crippen LogP contribution in [-0.4, -0.2) is 29.6 Å². The highest BCUT2D eigenvalue weighted by Gasteiger charge is 2.10. The zero-order valence-electron chi connectivity index (χ0n) is 17.1. The van der Waals surface area contributed by atoms with Crippen LogP contribution >= 0.6 is 0 Å². The Morgan fingerprint density at radius 1 is 1.07 bits per heavy atom. The van der Waals surface area contributed by atoms with Crippen molar-refractivity contribution in [2.24, 2.45) is 0 Å². The first-order valence-electron chi connectivity index (χ1n) is 9.25. The molecule has 0 aliphatic rings. The van der Waals surface area contributed by atoms with E-state index >= 15 is 0 Å². The van der Waals surface area contributed by atoms with Gasteiger partial charge in [0.1, 0.15) is 0 Å². The van der Waals surface area contributed by atoms with Gasteiger partial charge in [0.15, 0.2) is 0 Å². The Morgan fingerprint density at radius 2 is 1.75 bits per heavy atom. The molecule has 2 aromatic rings. The standard InChI is InChI=1S/C21H28N4O3/c1-13(2)28-19-7-6-17(10-22-19)11-23-21(27)24-12-18(26)25-20-15(4)8-14(3)9-16(20)5/h6-10,13H,11-12H2,1-5H3,(H,25,26)(H2,23,24,27). The number of carbonyl (C=O) groups excluding carboxylic acids is 2. The first-order chi connectivity index (χ1) is 13.2. The van der Waals surface area contributed by atoms with Crippen LogP contribution in [0.3, 0.4) is 0 Å². The number of aryl methyl sites for hydroxylation is 3. The van der Waals surface area contributed by atoms with Crippen molar-refractivity contribution >= 4 is 17.6 Å². The number of urea groups is 1. The minimum absolute atomic E-state index is 0.0564. The van der Waals surface area contributed by atoms with Crippen LogP contribution in [0.25, 0.3) is 0 Å². The molecule has 0 fully saturated rings. The van der Waals surface area contributed by atoms with E-state index in [4.69, 9.17) is 4.74 Å². The highest BCUT2D eigenvalue weighted by molar-refractivity contribution is 5.95. The fourth-order valence-corrected chi connectivity index (χ4v) is 2.79. The van der Waals surface area contributed by atoms with Crippen molar-refractivity contribution in [1.29, 1.82) is 0 Å². The van der Waals surface area contributed by atoms with Gasteiger partial charge in [-0.05, 0) is 51.3 Å². The summed E-state index contributed by atoms with van der Waals surface area (Å²) in [4.78, 5) is 28.2. The van der Waals surface area contributed by atoms with Gasteiger partial charge in [0.05, 0.1) is 12.6 Å². The van der Waals surface area contributed by atoms with E-state index in [-0.39, 0.29) is 18.6 Å². The molecule has 1 aromatic heterocycles. The van der Waals surface area contributed by atoms with E-state index in [9.17, 15) is 9.59 Å². The number of carbonyl (C=O) groups is 2. The molecule has 7 heteroatoms. The number of nitrogens with one attached hydrogen (secondary N) is 3. The molecule has 1 heterocycles. The number of nitrogens with zero attached hydrogens (tertiary/aromatic N) is 1. The highest BCUT2D eigenvalue weighted by Crippen LogP contribution is 2.21. The van der Waals surface area contributed by atoms with Gasteiger partial charge in [0.25, 0.3) is 0 Å². The number of rotatable bonds is 7. The van der Waals surface area contributed by atoms with Crippen LogP contribution in [0, 0.1) is 20.8 Å². The monoisotopic (exact) mass is 384 g/mol.